The van der Waals surface area contributed by atoms with Crippen molar-refractivity contribution in [3.63, 3.8) is 0 Å². The second kappa shape index (κ2) is 4.92. The van der Waals surface area contributed by atoms with Gasteiger partial charge in [0.25, 0.3) is 0 Å². The number of hydrogen-bond donors (Lipinski definition) is 1. The summed E-state index contributed by atoms with van der Waals surface area (Å²) in [5.41, 5.74) is 2.52. The molecule has 0 unspecified atom stereocenters. The first-order valence-electron chi connectivity index (χ1n) is 6.78. The molecule has 2 amide bonds. The van der Waals surface area contributed by atoms with Gasteiger partial charge < -0.3 is 10.2 Å². The number of nitrogens with zero attached hydrogens (tertiary/aromatic N) is 1. The zero-order chi connectivity index (χ0) is 12.5. The standard InChI is InChI=1S/C14H20N2OS/c1-10-8-18-9-13(10)5-15-14(17)16-6-11-3-2-4-12(11)7-16/h8-9,11-12H,2-7H2,1H3,(H,15,17)/t11-,12-/m0/s1. The number of amides is 2. The van der Waals surface area contributed by atoms with Gasteiger partial charge in [-0.05, 0) is 53.5 Å². The van der Waals surface area contributed by atoms with Crippen LogP contribution in [-0.4, -0.2) is 24.0 Å². The number of carbonyl (C=O) groups is 1. The minimum atomic E-state index is 0.120. The highest BCUT2D eigenvalue weighted by Gasteiger charge is 2.37. The van der Waals surface area contributed by atoms with Crippen LogP contribution in [0.4, 0.5) is 4.79 Å². The number of rotatable bonds is 2. The Kier molecular flexibility index (Phi) is 3.29. The fourth-order valence-electron chi connectivity index (χ4n) is 3.25. The number of likely N-dealkylation sites (tertiary alicyclic amines) is 1. The first kappa shape index (κ1) is 12.0. The van der Waals surface area contributed by atoms with Crippen molar-refractivity contribution in [3.05, 3.63) is 21.9 Å². The lowest BCUT2D eigenvalue weighted by Crippen LogP contribution is -2.38. The van der Waals surface area contributed by atoms with Crippen molar-refractivity contribution in [2.75, 3.05) is 13.1 Å². The van der Waals surface area contributed by atoms with E-state index in [9.17, 15) is 4.79 Å². The van der Waals surface area contributed by atoms with Crippen LogP contribution in [0.2, 0.25) is 0 Å². The molecule has 2 fully saturated rings. The van der Waals surface area contributed by atoms with Gasteiger partial charge in [0, 0.05) is 19.6 Å². The average Bonchev–Trinajstić information content (AvgIpc) is 3.00. The molecule has 2 aliphatic rings. The Morgan fingerprint density at radius 2 is 2.11 bits per heavy atom. The van der Waals surface area contributed by atoms with Crippen LogP contribution in [0.5, 0.6) is 0 Å². The van der Waals surface area contributed by atoms with Crippen molar-refractivity contribution >= 4 is 17.4 Å². The summed E-state index contributed by atoms with van der Waals surface area (Å²) in [7, 11) is 0. The quantitative estimate of drug-likeness (QED) is 0.875. The van der Waals surface area contributed by atoms with Crippen molar-refractivity contribution in [1.29, 1.82) is 0 Å². The topological polar surface area (TPSA) is 32.3 Å². The van der Waals surface area contributed by atoms with Crippen LogP contribution in [0.1, 0.15) is 30.4 Å². The Labute approximate surface area is 112 Å². The molecule has 1 N–H and O–H groups in total. The maximum Gasteiger partial charge on any atom is 0.317 e. The molecule has 2 heterocycles. The van der Waals surface area contributed by atoms with Gasteiger partial charge in [0.05, 0.1) is 0 Å². The molecule has 1 aromatic heterocycles. The minimum Gasteiger partial charge on any atom is -0.334 e. The summed E-state index contributed by atoms with van der Waals surface area (Å²) in [6.07, 6.45) is 4.00. The zero-order valence-electron chi connectivity index (χ0n) is 10.8. The molecule has 1 saturated carbocycles. The molecule has 0 radical (unpaired) electrons. The third kappa shape index (κ3) is 2.26. The van der Waals surface area contributed by atoms with Gasteiger partial charge in [0.1, 0.15) is 0 Å². The van der Waals surface area contributed by atoms with Gasteiger partial charge in [0.2, 0.25) is 0 Å². The van der Waals surface area contributed by atoms with Gasteiger partial charge in [-0.2, -0.15) is 11.3 Å². The van der Waals surface area contributed by atoms with Crippen molar-refractivity contribution in [2.45, 2.75) is 32.7 Å². The number of thiophene rings is 1. The highest BCUT2D eigenvalue weighted by atomic mass is 32.1. The summed E-state index contributed by atoms with van der Waals surface area (Å²) >= 11 is 1.70. The minimum absolute atomic E-state index is 0.120. The van der Waals surface area contributed by atoms with E-state index in [2.05, 4.69) is 23.0 Å². The van der Waals surface area contributed by atoms with E-state index in [4.69, 9.17) is 0 Å². The lowest BCUT2D eigenvalue weighted by molar-refractivity contribution is 0.204. The summed E-state index contributed by atoms with van der Waals surface area (Å²) in [6, 6.07) is 0.120. The van der Waals surface area contributed by atoms with Crippen LogP contribution in [0, 0.1) is 18.8 Å². The molecule has 3 rings (SSSR count). The number of carbonyl (C=O) groups excluding carboxylic acids is 1. The van der Waals surface area contributed by atoms with Crippen LogP contribution in [0.25, 0.3) is 0 Å². The monoisotopic (exact) mass is 264 g/mol. The summed E-state index contributed by atoms with van der Waals surface area (Å²) in [5, 5.41) is 7.30. The van der Waals surface area contributed by atoms with Gasteiger partial charge in [-0.15, -0.1) is 0 Å². The Morgan fingerprint density at radius 1 is 1.39 bits per heavy atom. The summed E-state index contributed by atoms with van der Waals surface area (Å²) < 4.78 is 0. The summed E-state index contributed by atoms with van der Waals surface area (Å²) in [4.78, 5) is 14.1. The Hall–Kier alpha value is -1.03. The molecule has 1 aliphatic heterocycles. The van der Waals surface area contributed by atoms with Crippen molar-refractivity contribution < 1.29 is 4.79 Å². The van der Waals surface area contributed by atoms with Gasteiger partial charge in [0.15, 0.2) is 0 Å². The normalized spacial score (nSPS) is 26.4. The van der Waals surface area contributed by atoms with E-state index >= 15 is 0 Å². The molecular weight excluding hydrogens is 244 g/mol. The fraction of sp³-hybridized carbons (Fsp3) is 0.643. The van der Waals surface area contributed by atoms with E-state index < -0.39 is 0 Å². The second-order valence-electron chi connectivity index (χ2n) is 5.59. The molecule has 18 heavy (non-hydrogen) atoms. The molecule has 1 aliphatic carbocycles. The van der Waals surface area contributed by atoms with Crippen LogP contribution in [0.15, 0.2) is 10.8 Å². The largest absolute Gasteiger partial charge is 0.334 e. The molecule has 1 aromatic rings. The number of urea groups is 1. The fourth-order valence-corrected chi connectivity index (χ4v) is 4.11. The third-order valence-corrected chi connectivity index (χ3v) is 5.32. The van der Waals surface area contributed by atoms with Crippen LogP contribution in [0.3, 0.4) is 0 Å². The molecule has 0 aromatic carbocycles. The lowest BCUT2D eigenvalue weighted by atomic mass is 10.0. The molecule has 1 saturated heterocycles. The van der Waals surface area contributed by atoms with Gasteiger partial charge in [-0.1, -0.05) is 6.42 Å². The van der Waals surface area contributed by atoms with E-state index in [1.807, 2.05) is 4.90 Å². The Bertz CT molecular complexity index is 431. The number of fused-ring (bicyclic) bond motifs is 1. The second-order valence-corrected chi connectivity index (χ2v) is 6.34. The molecule has 0 bridgehead atoms. The van der Waals surface area contributed by atoms with Crippen molar-refractivity contribution in [1.82, 2.24) is 10.2 Å². The first-order valence-corrected chi connectivity index (χ1v) is 7.73. The predicted molar refractivity (Wildman–Crippen MR) is 73.7 cm³/mol. The third-order valence-electron chi connectivity index (χ3n) is 4.41. The number of aryl methyl sites for hydroxylation is 1. The molecule has 3 nitrogen and oxygen atoms in total. The van der Waals surface area contributed by atoms with Crippen molar-refractivity contribution in [2.24, 2.45) is 11.8 Å². The maximum atomic E-state index is 12.1. The predicted octanol–water partition coefficient (Wildman–Crippen LogP) is 3.00. The first-order chi connectivity index (χ1) is 8.74. The SMILES string of the molecule is Cc1cscc1CNC(=O)N1C[C@@H]2CCC[C@H]2C1. The molecule has 0 spiro atoms. The van der Waals surface area contributed by atoms with Crippen molar-refractivity contribution in [3.8, 4) is 0 Å². The average molecular weight is 264 g/mol. The maximum absolute atomic E-state index is 12.1. The highest BCUT2D eigenvalue weighted by molar-refractivity contribution is 7.08. The molecule has 2 atom stereocenters. The van der Waals surface area contributed by atoms with Crippen LogP contribution < -0.4 is 5.32 Å². The Balaban J connectivity index is 1.52. The zero-order valence-corrected chi connectivity index (χ0v) is 11.6. The van der Waals surface area contributed by atoms with E-state index in [-0.39, 0.29) is 6.03 Å². The number of hydrogen-bond acceptors (Lipinski definition) is 2. The summed E-state index contributed by atoms with van der Waals surface area (Å²) in [5.74, 6) is 1.55. The van der Waals surface area contributed by atoms with Gasteiger partial charge in [-0.25, -0.2) is 4.79 Å². The highest BCUT2D eigenvalue weighted by Crippen LogP contribution is 2.37. The van der Waals surface area contributed by atoms with E-state index in [1.54, 1.807) is 11.3 Å². The van der Waals surface area contributed by atoms with E-state index in [0.717, 1.165) is 24.9 Å². The Morgan fingerprint density at radius 3 is 2.72 bits per heavy atom. The van der Waals surface area contributed by atoms with E-state index in [1.165, 1.54) is 30.4 Å². The lowest BCUT2D eigenvalue weighted by Gasteiger charge is -2.18. The molecular formula is C14H20N2OS. The molecule has 4 heteroatoms. The number of nitrogens with one attached hydrogen (secondary N) is 1. The smallest absolute Gasteiger partial charge is 0.317 e. The van der Waals surface area contributed by atoms with Crippen LogP contribution >= 0.6 is 11.3 Å². The summed E-state index contributed by atoms with van der Waals surface area (Å²) in [6.45, 7) is 4.70. The van der Waals surface area contributed by atoms with E-state index in [0.29, 0.717) is 6.54 Å². The van der Waals surface area contributed by atoms with Gasteiger partial charge >= 0.3 is 6.03 Å². The van der Waals surface area contributed by atoms with Gasteiger partial charge in [-0.3, -0.25) is 0 Å². The molecule has 98 valence electrons. The van der Waals surface area contributed by atoms with Crippen LogP contribution in [-0.2, 0) is 6.54 Å².